The molecule has 2 N–H and O–H groups in total. The third kappa shape index (κ3) is 2.86. The summed E-state index contributed by atoms with van der Waals surface area (Å²) in [5, 5.41) is 6.19. The predicted octanol–water partition coefficient (Wildman–Crippen LogP) is 5.08. The zero-order chi connectivity index (χ0) is 15.0. The van der Waals surface area contributed by atoms with Crippen molar-refractivity contribution in [3.63, 3.8) is 0 Å². The molecule has 0 unspecified atom stereocenters. The Bertz CT molecular complexity index is 812. The van der Waals surface area contributed by atoms with Gasteiger partial charge in [0.2, 0.25) is 0 Å². The van der Waals surface area contributed by atoms with E-state index in [1.807, 2.05) is 18.2 Å². The largest absolute Gasteiger partial charge is 0.396 e. The SMILES string of the molecule is Nc1cn(-c2ccc(Cl)cc2Cl)nc1-c1cccc(Cl)c1. The van der Waals surface area contributed by atoms with Crippen molar-refractivity contribution >= 4 is 40.5 Å². The third-order valence-corrected chi connectivity index (χ3v) is 3.77. The molecule has 0 aliphatic carbocycles. The number of nitrogens with two attached hydrogens (primary N) is 1. The van der Waals surface area contributed by atoms with Gasteiger partial charge in [0.15, 0.2) is 0 Å². The maximum atomic E-state index is 6.19. The minimum Gasteiger partial charge on any atom is -0.396 e. The first-order valence-electron chi connectivity index (χ1n) is 6.11. The van der Waals surface area contributed by atoms with Crippen molar-refractivity contribution in [2.24, 2.45) is 0 Å². The van der Waals surface area contributed by atoms with E-state index >= 15 is 0 Å². The molecule has 0 saturated heterocycles. The summed E-state index contributed by atoms with van der Waals surface area (Å²) in [6, 6.07) is 12.6. The monoisotopic (exact) mass is 337 g/mol. The summed E-state index contributed by atoms with van der Waals surface area (Å²) in [5.41, 5.74) is 8.81. The molecule has 0 bridgehead atoms. The smallest absolute Gasteiger partial charge is 0.116 e. The third-order valence-electron chi connectivity index (χ3n) is 3.00. The molecule has 0 spiro atoms. The minimum atomic E-state index is 0.502. The number of hydrogen-bond acceptors (Lipinski definition) is 2. The highest BCUT2D eigenvalue weighted by Crippen LogP contribution is 2.30. The Morgan fingerprint density at radius 2 is 1.71 bits per heavy atom. The van der Waals surface area contributed by atoms with Gasteiger partial charge in [-0.25, -0.2) is 4.68 Å². The first-order chi connectivity index (χ1) is 10.0. The van der Waals surface area contributed by atoms with Crippen molar-refractivity contribution in [2.45, 2.75) is 0 Å². The van der Waals surface area contributed by atoms with Gasteiger partial charge in [-0.3, -0.25) is 0 Å². The van der Waals surface area contributed by atoms with Crippen LogP contribution in [-0.2, 0) is 0 Å². The van der Waals surface area contributed by atoms with Crippen LogP contribution in [-0.4, -0.2) is 9.78 Å². The van der Waals surface area contributed by atoms with E-state index < -0.39 is 0 Å². The summed E-state index contributed by atoms with van der Waals surface area (Å²) in [6.07, 6.45) is 1.71. The molecule has 2 aromatic carbocycles. The van der Waals surface area contributed by atoms with Crippen molar-refractivity contribution in [1.29, 1.82) is 0 Å². The second-order valence-electron chi connectivity index (χ2n) is 4.48. The molecule has 3 rings (SSSR count). The molecule has 3 nitrogen and oxygen atoms in total. The average Bonchev–Trinajstić information content (AvgIpc) is 2.80. The van der Waals surface area contributed by atoms with Crippen LogP contribution in [0.25, 0.3) is 16.9 Å². The van der Waals surface area contributed by atoms with Crippen LogP contribution in [0.2, 0.25) is 15.1 Å². The van der Waals surface area contributed by atoms with Gasteiger partial charge in [0, 0.05) is 15.6 Å². The van der Waals surface area contributed by atoms with E-state index in [1.54, 1.807) is 35.1 Å². The fraction of sp³-hybridized carbons (Fsp3) is 0. The molecule has 0 radical (unpaired) electrons. The highest BCUT2D eigenvalue weighted by atomic mass is 35.5. The van der Waals surface area contributed by atoms with Crippen LogP contribution in [0.4, 0.5) is 5.69 Å². The summed E-state index contributed by atoms with van der Waals surface area (Å²) in [5.74, 6) is 0. The normalized spacial score (nSPS) is 10.8. The Balaban J connectivity index is 2.09. The first-order valence-corrected chi connectivity index (χ1v) is 7.24. The molecule has 106 valence electrons. The number of benzene rings is 2. The molecule has 0 atom stereocenters. The molecule has 1 aromatic heterocycles. The van der Waals surface area contributed by atoms with Crippen molar-refractivity contribution in [3.05, 3.63) is 63.7 Å². The summed E-state index contributed by atoms with van der Waals surface area (Å²) >= 11 is 18.1. The molecule has 6 heteroatoms. The summed E-state index contributed by atoms with van der Waals surface area (Å²) in [6.45, 7) is 0. The first kappa shape index (κ1) is 14.3. The van der Waals surface area contributed by atoms with E-state index in [0.29, 0.717) is 32.1 Å². The fourth-order valence-electron chi connectivity index (χ4n) is 2.04. The average molecular weight is 339 g/mol. The van der Waals surface area contributed by atoms with Gasteiger partial charge in [-0.2, -0.15) is 5.10 Å². The van der Waals surface area contributed by atoms with Crippen molar-refractivity contribution in [3.8, 4) is 16.9 Å². The maximum absolute atomic E-state index is 6.19. The lowest BCUT2D eigenvalue weighted by molar-refractivity contribution is 0.885. The number of nitrogen functional groups attached to an aromatic ring is 1. The van der Waals surface area contributed by atoms with Crippen molar-refractivity contribution < 1.29 is 0 Å². The number of aromatic nitrogens is 2. The number of anilines is 1. The quantitative estimate of drug-likeness (QED) is 0.708. The lowest BCUT2D eigenvalue weighted by Gasteiger charge is -2.04. The van der Waals surface area contributed by atoms with Crippen LogP contribution in [0.15, 0.2) is 48.7 Å². The second kappa shape index (κ2) is 5.60. The Labute approximate surface area is 136 Å². The van der Waals surface area contributed by atoms with Crippen LogP contribution < -0.4 is 5.73 Å². The Morgan fingerprint density at radius 3 is 2.43 bits per heavy atom. The van der Waals surface area contributed by atoms with Crippen molar-refractivity contribution in [1.82, 2.24) is 9.78 Å². The zero-order valence-corrected chi connectivity index (χ0v) is 13.0. The number of rotatable bonds is 2. The lowest BCUT2D eigenvalue weighted by Crippen LogP contribution is -1.95. The van der Waals surface area contributed by atoms with Gasteiger partial charge < -0.3 is 5.73 Å². The van der Waals surface area contributed by atoms with Gasteiger partial charge in [-0.1, -0.05) is 46.9 Å². The molecular formula is C15H10Cl3N3. The molecule has 0 fully saturated rings. The molecule has 21 heavy (non-hydrogen) atoms. The molecule has 0 aliphatic rings. The summed E-state index contributed by atoms with van der Waals surface area (Å²) in [7, 11) is 0. The standard InChI is InChI=1S/C15H10Cl3N3/c16-10-3-1-2-9(6-10)15-13(19)8-21(20-15)14-5-4-11(17)7-12(14)18/h1-8H,19H2. The van der Waals surface area contributed by atoms with E-state index in [-0.39, 0.29) is 0 Å². The number of halogens is 3. The highest BCUT2D eigenvalue weighted by Gasteiger charge is 2.12. The number of nitrogens with zero attached hydrogens (tertiary/aromatic N) is 2. The second-order valence-corrected chi connectivity index (χ2v) is 5.76. The molecular weight excluding hydrogens is 329 g/mol. The van der Waals surface area contributed by atoms with Gasteiger partial charge in [-0.15, -0.1) is 0 Å². The van der Waals surface area contributed by atoms with Crippen LogP contribution in [0.3, 0.4) is 0 Å². The van der Waals surface area contributed by atoms with Gasteiger partial charge >= 0.3 is 0 Å². The maximum Gasteiger partial charge on any atom is 0.116 e. The Morgan fingerprint density at radius 1 is 0.952 bits per heavy atom. The van der Waals surface area contributed by atoms with Gasteiger partial charge in [-0.05, 0) is 30.3 Å². The molecule has 0 amide bonds. The van der Waals surface area contributed by atoms with E-state index in [0.717, 1.165) is 5.56 Å². The highest BCUT2D eigenvalue weighted by molar-refractivity contribution is 6.35. The Kier molecular flexibility index (Phi) is 3.81. The number of hydrogen-bond donors (Lipinski definition) is 1. The fourth-order valence-corrected chi connectivity index (χ4v) is 2.72. The minimum absolute atomic E-state index is 0.502. The van der Waals surface area contributed by atoms with Crippen LogP contribution >= 0.6 is 34.8 Å². The summed E-state index contributed by atoms with van der Waals surface area (Å²) in [4.78, 5) is 0. The van der Waals surface area contributed by atoms with Gasteiger partial charge in [0.25, 0.3) is 0 Å². The summed E-state index contributed by atoms with van der Waals surface area (Å²) < 4.78 is 1.63. The van der Waals surface area contributed by atoms with E-state index in [2.05, 4.69) is 5.10 Å². The van der Waals surface area contributed by atoms with Crippen LogP contribution in [0.5, 0.6) is 0 Å². The zero-order valence-electron chi connectivity index (χ0n) is 10.7. The van der Waals surface area contributed by atoms with E-state index in [4.69, 9.17) is 40.5 Å². The van der Waals surface area contributed by atoms with Gasteiger partial charge in [0.05, 0.1) is 22.6 Å². The van der Waals surface area contributed by atoms with Crippen molar-refractivity contribution in [2.75, 3.05) is 5.73 Å². The topological polar surface area (TPSA) is 43.8 Å². The van der Waals surface area contributed by atoms with Gasteiger partial charge in [0.1, 0.15) is 5.69 Å². The van der Waals surface area contributed by atoms with Crippen LogP contribution in [0.1, 0.15) is 0 Å². The molecule has 0 aliphatic heterocycles. The lowest BCUT2D eigenvalue weighted by atomic mass is 10.1. The van der Waals surface area contributed by atoms with E-state index in [1.165, 1.54) is 0 Å². The Hall–Kier alpha value is -1.68. The molecule has 1 heterocycles. The predicted molar refractivity (Wildman–Crippen MR) is 88.4 cm³/mol. The molecule has 3 aromatic rings. The van der Waals surface area contributed by atoms with Crippen LogP contribution in [0, 0.1) is 0 Å². The van der Waals surface area contributed by atoms with E-state index in [9.17, 15) is 0 Å². The molecule has 0 saturated carbocycles.